The molecule has 0 bridgehead atoms. The summed E-state index contributed by atoms with van der Waals surface area (Å²) in [6, 6.07) is 17.8. The number of rotatable bonds is 7. The summed E-state index contributed by atoms with van der Waals surface area (Å²) >= 11 is 0. The number of hydrogen-bond acceptors (Lipinski definition) is 2. The second-order valence-corrected chi connectivity index (χ2v) is 8.93. The molecule has 0 saturated carbocycles. The summed E-state index contributed by atoms with van der Waals surface area (Å²) in [6.07, 6.45) is 7.12. The molecule has 0 spiro atoms. The molecule has 158 valence electrons. The van der Waals surface area contributed by atoms with E-state index in [0.717, 1.165) is 18.9 Å². The van der Waals surface area contributed by atoms with E-state index in [9.17, 15) is 4.79 Å². The average molecular weight is 404 g/mol. The first-order valence-corrected chi connectivity index (χ1v) is 11.1. The number of H-pyrrole nitrogens is 1. The Morgan fingerprint density at radius 2 is 1.70 bits per heavy atom. The number of hydrogen-bond donors (Lipinski definition) is 1. The van der Waals surface area contributed by atoms with Gasteiger partial charge < -0.3 is 9.88 Å². The molecule has 2 aromatic carbocycles. The lowest BCUT2D eigenvalue weighted by atomic mass is 9.89. The van der Waals surface area contributed by atoms with Gasteiger partial charge in [0.15, 0.2) is 0 Å². The van der Waals surface area contributed by atoms with Crippen LogP contribution in [0.15, 0.2) is 54.7 Å². The normalized spacial score (nSPS) is 15.5. The van der Waals surface area contributed by atoms with Crippen molar-refractivity contribution >= 4 is 16.8 Å². The number of aryl methyl sites for hydroxylation is 1. The van der Waals surface area contributed by atoms with Crippen molar-refractivity contribution in [3.63, 3.8) is 0 Å². The molecule has 1 aliphatic heterocycles. The number of aromatic nitrogens is 1. The third-order valence-electron chi connectivity index (χ3n) is 6.40. The molecule has 1 fully saturated rings. The van der Waals surface area contributed by atoms with E-state index in [2.05, 4.69) is 58.4 Å². The summed E-state index contributed by atoms with van der Waals surface area (Å²) < 4.78 is 0. The molecule has 1 aliphatic rings. The van der Waals surface area contributed by atoms with Crippen molar-refractivity contribution in [1.82, 2.24) is 14.8 Å². The molecule has 1 amide bonds. The lowest BCUT2D eigenvalue weighted by Gasteiger charge is -2.32. The van der Waals surface area contributed by atoms with Crippen LogP contribution in [-0.4, -0.2) is 47.9 Å². The van der Waals surface area contributed by atoms with E-state index in [4.69, 9.17) is 0 Å². The van der Waals surface area contributed by atoms with E-state index in [0.29, 0.717) is 6.42 Å². The number of nitrogens with one attached hydrogen (secondary N) is 1. The van der Waals surface area contributed by atoms with Crippen LogP contribution in [0.1, 0.15) is 36.0 Å². The van der Waals surface area contributed by atoms with Crippen LogP contribution >= 0.6 is 0 Å². The van der Waals surface area contributed by atoms with Crippen LogP contribution in [0.5, 0.6) is 0 Å². The molecule has 2 heterocycles. The predicted molar refractivity (Wildman–Crippen MR) is 123 cm³/mol. The number of aromatic amines is 1. The van der Waals surface area contributed by atoms with Gasteiger partial charge in [-0.2, -0.15) is 0 Å². The van der Waals surface area contributed by atoms with Gasteiger partial charge in [-0.25, -0.2) is 0 Å². The maximum atomic E-state index is 11.8. The Morgan fingerprint density at radius 3 is 2.43 bits per heavy atom. The molecule has 1 saturated heterocycles. The van der Waals surface area contributed by atoms with Crippen LogP contribution in [0.2, 0.25) is 0 Å². The molecule has 3 aromatic rings. The van der Waals surface area contributed by atoms with E-state index in [1.54, 1.807) is 4.90 Å². The van der Waals surface area contributed by atoms with Crippen molar-refractivity contribution < 1.29 is 4.79 Å². The van der Waals surface area contributed by atoms with Crippen molar-refractivity contribution in [1.29, 1.82) is 0 Å². The van der Waals surface area contributed by atoms with Gasteiger partial charge in [0.05, 0.1) is 0 Å². The number of likely N-dealkylation sites (tertiary alicyclic amines) is 1. The predicted octanol–water partition coefficient (Wildman–Crippen LogP) is 4.64. The first-order chi connectivity index (χ1) is 14.6. The van der Waals surface area contributed by atoms with Crippen LogP contribution in [-0.2, 0) is 24.2 Å². The van der Waals surface area contributed by atoms with Gasteiger partial charge in [0.25, 0.3) is 0 Å². The summed E-state index contributed by atoms with van der Waals surface area (Å²) in [5.41, 5.74) is 5.30. The van der Waals surface area contributed by atoms with Crippen molar-refractivity contribution in [3.8, 4) is 0 Å². The van der Waals surface area contributed by atoms with E-state index in [-0.39, 0.29) is 5.91 Å². The molecule has 0 unspecified atom stereocenters. The zero-order chi connectivity index (χ0) is 20.9. The topological polar surface area (TPSA) is 39.3 Å². The first kappa shape index (κ1) is 20.7. The van der Waals surface area contributed by atoms with E-state index < -0.39 is 0 Å². The summed E-state index contributed by atoms with van der Waals surface area (Å²) in [5, 5.41) is 1.30. The summed E-state index contributed by atoms with van der Waals surface area (Å²) in [7, 11) is 3.63. The Balaban J connectivity index is 1.23. The Morgan fingerprint density at radius 1 is 1.00 bits per heavy atom. The van der Waals surface area contributed by atoms with Gasteiger partial charge in [-0.3, -0.25) is 9.69 Å². The van der Waals surface area contributed by atoms with Crippen LogP contribution in [0.25, 0.3) is 10.9 Å². The Kier molecular flexibility index (Phi) is 6.53. The van der Waals surface area contributed by atoms with Crippen LogP contribution < -0.4 is 0 Å². The molecule has 0 radical (unpaired) electrons. The number of piperidine rings is 1. The van der Waals surface area contributed by atoms with Gasteiger partial charge in [-0.15, -0.1) is 0 Å². The molecular weight excluding hydrogens is 370 g/mol. The number of benzene rings is 2. The lowest BCUT2D eigenvalue weighted by molar-refractivity contribution is -0.128. The van der Waals surface area contributed by atoms with Crippen LogP contribution in [0, 0.1) is 5.92 Å². The minimum Gasteiger partial charge on any atom is -0.361 e. The largest absolute Gasteiger partial charge is 0.361 e. The molecule has 0 aliphatic carbocycles. The second kappa shape index (κ2) is 9.48. The van der Waals surface area contributed by atoms with Crippen LogP contribution in [0.3, 0.4) is 0 Å². The zero-order valence-electron chi connectivity index (χ0n) is 18.2. The zero-order valence-corrected chi connectivity index (χ0v) is 18.2. The fourth-order valence-corrected chi connectivity index (χ4v) is 4.46. The van der Waals surface area contributed by atoms with Gasteiger partial charge in [0, 0.05) is 38.8 Å². The Labute approximate surface area is 179 Å². The molecule has 1 N–H and O–H groups in total. The monoisotopic (exact) mass is 403 g/mol. The number of carbonyl (C=O) groups excluding carboxylic acids is 1. The second-order valence-electron chi connectivity index (χ2n) is 8.93. The summed E-state index contributed by atoms with van der Waals surface area (Å²) in [6.45, 7) is 3.41. The number of nitrogens with zero attached hydrogens (tertiary/aromatic N) is 2. The minimum absolute atomic E-state index is 0.193. The third kappa shape index (κ3) is 5.31. The minimum atomic E-state index is 0.193. The SMILES string of the molecule is CN(C)C(=O)CCc1ccc(CC2CCN(Cc3ccc4[nH]ccc4c3)CC2)cc1. The van der Waals surface area contributed by atoms with Crippen LogP contribution in [0.4, 0.5) is 0 Å². The molecular formula is C26H33N3O. The third-order valence-corrected chi connectivity index (χ3v) is 6.40. The van der Waals surface area contributed by atoms with Gasteiger partial charge in [0.1, 0.15) is 0 Å². The molecule has 4 rings (SSSR count). The van der Waals surface area contributed by atoms with E-state index >= 15 is 0 Å². The maximum absolute atomic E-state index is 11.8. The maximum Gasteiger partial charge on any atom is 0.222 e. The number of fused-ring (bicyclic) bond motifs is 1. The van der Waals surface area contributed by atoms with Crippen molar-refractivity contribution in [2.24, 2.45) is 5.92 Å². The number of carbonyl (C=O) groups is 1. The highest BCUT2D eigenvalue weighted by Crippen LogP contribution is 2.24. The fourth-order valence-electron chi connectivity index (χ4n) is 4.46. The smallest absolute Gasteiger partial charge is 0.222 e. The average Bonchev–Trinajstić information content (AvgIpc) is 3.22. The van der Waals surface area contributed by atoms with Crippen molar-refractivity contribution in [3.05, 3.63) is 71.4 Å². The molecule has 1 aromatic heterocycles. The van der Waals surface area contributed by atoms with Crippen molar-refractivity contribution in [2.75, 3.05) is 27.2 Å². The highest BCUT2D eigenvalue weighted by atomic mass is 16.2. The molecule has 0 atom stereocenters. The first-order valence-electron chi connectivity index (χ1n) is 11.1. The lowest BCUT2D eigenvalue weighted by Crippen LogP contribution is -2.33. The Hall–Kier alpha value is -2.59. The molecule has 30 heavy (non-hydrogen) atoms. The van der Waals surface area contributed by atoms with E-state index in [1.807, 2.05) is 20.3 Å². The molecule has 4 heteroatoms. The quantitative estimate of drug-likeness (QED) is 0.624. The van der Waals surface area contributed by atoms with Gasteiger partial charge in [-0.05, 0) is 85.0 Å². The van der Waals surface area contributed by atoms with Gasteiger partial charge >= 0.3 is 0 Å². The van der Waals surface area contributed by atoms with E-state index in [1.165, 1.54) is 59.9 Å². The fraction of sp³-hybridized carbons (Fsp3) is 0.423. The number of amides is 1. The van der Waals surface area contributed by atoms with Gasteiger partial charge in [0.2, 0.25) is 5.91 Å². The van der Waals surface area contributed by atoms with Gasteiger partial charge in [-0.1, -0.05) is 30.3 Å². The highest BCUT2D eigenvalue weighted by molar-refractivity contribution is 5.79. The standard InChI is InChI=1S/C26H33N3O/c1-28(2)26(30)10-8-20-3-5-21(6-4-20)17-22-12-15-29(16-13-22)19-23-7-9-25-24(18-23)11-14-27-25/h3-7,9,11,14,18,22,27H,8,10,12-13,15-17,19H2,1-2H3. The molecule has 4 nitrogen and oxygen atoms in total. The van der Waals surface area contributed by atoms with Crippen molar-refractivity contribution in [2.45, 2.75) is 38.6 Å². The summed E-state index contributed by atoms with van der Waals surface area (Å²) in [4.78, 5) is 19.3. The highest BCUT2D eigenvalue weighted by Gasteiger charge is 2.19. The Bertz CT molecular complexity index is 965. The summed E-state index contributed by atoms with van der Waals surface area (Å²) in [5.74, 6) is 0.966.